The first-order valence-electron chi connectivity index (χ1n) is 4.78. The minimum Gasteiger partial charge on any atom is -0.301 e. The highest BCUT2D eigenvalue weighted by molar-refractivity contribution is 9.10. The van der Waals surface area contributed by atoms with Crippen LogP contribution in [0.1, 0.15) is 0 Å². The summed E-state index contributed by atoms with van der Waals surface area (Å²) in [6.07, 6.45) is 0. The van der Waals surface area contributed by atoms with Crippen LogP contribution >= 0.6 is 27.5 Å². The van der Waals surface area contributed by atoms with E-state index in [1.165, 1.54) is 0 Å². The molecule has 2 nitrogen and oxygen atoms in total. The van der Waals surface area contributed by atoms with Gasteiger partial charge in [0.2, 0.25) is 0 Å². The van der Waals surface area contributed by atoms with Gasteiger partial charge >= 0.3 is 0 Å². The van der Waals surface area contributed by atoms with Crippen LogP contribution in [0.5, 0.6) is 0 Å². The van der Waals surface area contributed by atoms with Gasteiger partial charge in [0.15, 0.2) is 0 Å². The van der Waals surface area contributed by atoms with Crippen molar-refractivity contribution >= 4 is 38.9 Å². The monoisotopic (exact) mass is 296 g/mol. The van der Waals surface area contributed by atoms with Crippen LogP contribution < -0.4 is 10.9 Å². The van der Waals surface area contributed by atoms with Crippen molar-refractivity contribution in [3.05, 3.63) is 58.0 Å². The molecule has 0 atom stereocenters. The van der Waals surface area contributed by atoms with Crippen molar-refractivity contribution in [2.75, 3.05) is 10.9 Å². The SMILES string of the molecule is Clc1ccc(NNc2ccccc2Br)cc1. The Labute approximate surface area is 108 Å². The van der Waals surface area contributed by atoms with E-state index in [2.05, 4.69) is 26.8 Å². The maximum Gasteiger partial charge on any atom is 0.0681 e. The van der Waals surface area contributed by atoms with Gasteiger partial charge in [0.05, 0.1) is 11.4 Å². The Morgan fingerprint density at radius 3 is 2.25 bits per heavy atom. The molecule has 82 valence electrons. The summed E-state index contributed by atoms with van der Waals surface area (Å²) in [5.41, 5.74) is 8.14. The molecule has 0 radical (unpaired) electrons. The minimum atomic E-state index is 0.728. The second-order valence-corrected chi connectivity index (χ2v) is 4.53. The lowest BCUT2D eigenvalue weighted by molar-refractivity contribution is 1.40. The molecule has 0 amide bonds. The quantitative estimate of drug-likeness (QED) is 0.813. The van der Waals surface area contributed by atoms with Crippen molar-refractivity contribution < 1.29 is 0 Å². The molecule has 0 aliphatic rings. The predicted molar refractivity (Wildman–Crippen MR) is 72.8 cm³/mol. The van der Waals surface area contributed by atoms with Gasteiger partial charge in [0.25, 0.3) is 0 Å². The van der Waals surface area contributed by atoms with Gasteiger partial charge in [-0.1, -0.05) is 23.7 Å². The maximum absolute atomic E-state index is 5.80. The Kier molecular flexibility index (Phi) is 3.70. The van der Waals surface area contributed by atoms with Crippen molar-refractivity contribution in [2.45, 2.75) is 0 Å². The number of halogens is 2. The molecule has 2 rings (SSSR count). The van der Waals surface area contributed by atoms with Crippen LogP contribution in [0.25, 0.3) is 0 Å². The Bertz CT molecular complexity index is 471. The maximum atomic E-state index is 5.80. The van der Waals surface area contributed by atoms with Crippen LogP contribution in [0.4, 0.5) is 11.4 Å². The lowest BCUT2D eigenvalue weighted by Gasteiger charge is -2.10. The largest absolute Gasteiger partial charge is 0.301 e. The molecule has 0 saturated heterocycles. The van der Waals surface area contributed by atoms with E-state index in [1.807, 2.05) is 48.5 Å². The zero-order valence-corrected chi connectivity index (χ0v) is 10.7. The van der Waals surface area contributed by atoms with Crippen molar-refractivity contribution in [3.63, 3.8) is 0 Å². The zero-order valence-electron chi connectivity index (χ0n) is 8.37. The second kappa shape index (κ2) is 5.23. The molecular weight excluding hydrogens is 288 g/mol. The molecule has 0 aliphatic heterocycles. The van der Waals surface area contributed by atoms with E-state index in [-0.39, 0.29) is 0 Å². The van der Waals surface area contributed by atoms with Gasteiger partial charge in [0, 0.05) is 9.50 Å². The van der Waals surface area contributed by atoms with Gasteiger partial charge < -0.3 is 5.43 Å². The van der Waals surface area contributed by atoms with E-state index in [1.54, 1.807) is 0 Å². The topological polar surface area (TPSA) is 24.1 Å². The summed E-state index contributed by atoms with van der Waals surface area (Å²) in [4.78, 5) is 0. The smallest absolute Gasteiger partial charge is 0.0681 e. The van der Waals surface area contributed by atoms with Gasteiger partial charge in [-0.2, -0.15) is 0 Å². The molecule has 0 aromatic heterocycles. The first-order valence-corrected chi connectivity index (χ1v) is 5.95. The fourth-order valence-corrected chi connectivity index (χ4v) is 1.75. The Morgan fingerprint density at radius 1 is 0.875 bits per heavy atom. The average Bonchev–Trinajstić information content (AvgIpc) is 2.30. The average molecular weight is 298 g/mol. The van der Waals surface area contributed by atoms with Crippen molar-refractivity contribution in [2.24, 2.45) is 0 Å². The molecule has 2 aromatic carbocycles. The van der Waals surface area contributed by atoms with E-state index in [9.17, 15) is 0 Å². The molecule has 0 unspecified atom stereocenters. The zero-order chi connectivity index (χ0) is 11.4. The molecule has 2 N–H and O–H groups in total. The summed E-state index contributed by atoms with van der Waals surface area (Å²) < 4.78 is 1.01. The molecule has 0 spiro atoms. The van der Waals surface area contributed by atoms with Crippen LogP contribution in [0.3, 0.4) is 0 Å². The van der Waals surface area contributed by atoms with Crippen LogP contribution in [-0.2, 0) is 0 Å². The molecular formula is C12H10BrClN2. The first kappa shape index (κ1) is 11.3. The Morgan fingerprint density at radius 2 is 1.56 bits per heavy atom. The third-order valence-electron chi connectivity index (χ3n) is 2.06. The van der Waals surface area contributed by atoms with Gasteiger partial charge in [0.1, 0.15) is 0 Å². The van der Waals surface area contributed by atoms with E-state index in [0.29, 0.717) is 0 Å². The first-order chi connectivity index (χ1) is 7.75. The number of hydrogen-bond donors (Lipinski definition) is 2. The lowest BCUT2D eigenvalue weighted by atomic mass is 10.3. The van der Waals surface area contributed by atoms with Crippen molar-refractivity contribution in [1.82, 2.24) is 0 Å². The van der Waals surface area contributed by atoms with E-state index in [4.69, 9.17) is 11.6 Å². The lowest BCUT2D eigenvalue weighted by Crippen LogP contribution is -2.08. The number of hydrazine groups is 1. The molecule has 0 heterocycles. The summed E-state index contributed by atoms with van der Waals surface area (Å²) in [7, 11) is 0. The summed E-state index contributed by atoms with van der Waals surface area (Å²) in [6, 6.07) is 15.4. The van der Waals surface area contributed by atoms with Gasteiger partial charge in [-0.05, 0) is 52.3 Å². The summed E-state index contributed by atoms with van der Waals surface area (Å²) in [5.74, 6) is 0. The number of rotatable bonds is 3. The highest BCUT2D eigenvalue weighted by Crippen LogP contribution is 2.21. The van der Waals surface area contributed by atoms with Crippen LogP contribution in [0.15, 0.2) is 53.0 Å². The number of nitrogens with one attached hydrogen (secondary N) is 2. The third kappa shape index (κ3) is 2.90. The number of benzene rings is 2. The minimum absolute atomic E-state index is 0.728. The second-order valence-electron chi connectivity index (χ2n) is 3.24. The van der Waals surface area contributed by atoms with Gasteiger partial charge in [-0.25, -0.2) is 0 Å². The predicted octanol–water partition coefficient (Wildman–Crippen LogP) is 4.54. The molecule has 4 heteroatoms. The van der Waals surface area contributed by atoms with Crippen molar-refractivity contribution in [3.8, 4) is 0 Å². The fraction of sp³-hybridized carbons (Fsp3) is 0. The normalized spacial score (nSPS) is 9.88. The number of hydrogen-bond acceptors (Lipinski definition) is 2. The Hall–Kier alpha value is -1.19. The summed E-state index contributed by atoms with van der Waals surface area (Å²) in [6.45, 7) is 0. The van der Waals surface area contributed by atoms with Gasteiger partial charge in [-0.3, -0.25) is 5.43 Å². The standard InChI is InChI=1S/C12H10BrClN2/c13-11-3-1-2-4-12(11)16-15-10-7-5-9(14)6-8-10/h1-8,15-16H. The van der Waals surface area contributed by atoms with E-state index < -0.39 is 0 Å². The fourth-order valence-electron chi connectivity index (χ4n) is 1.24. The number of anilines is 2. The third-order valence-corrected chi connectivity index (χ3v) is 3.00. The molecule has 0 fully saturated rings. The molecule has 0 saturated carbocycles. The van der Waals surface area contributed by atoms with Crippen LogP contribution in [0.2, 0.25) is 5.02 Å². The highest BCUT2D eigenvalue weighted by Gasteiger charge is 1.96. The molecule has 16 heavy (non-hydrogen) atoms. The molecule has 0 bridgehead atoms. The van der Waals surface area contributed by atoms with Crippen LogP contribution in [-0.4, -0.2) is 0 Å². The van der Waals surface area contributed by atoms with Gasteiger partial charge in [-0.15, -0.1) is 0 Å². The highest BCUT2D eigenvalue weighted by atomic mass is 79.9. The van der Waals surface area contributed by atoms with Crippen LogP contribution in [0, 0.1) is 0 Å². The van der Waals surface area contributed by atoms with E-state index in [0.717, 1.165) is 20.9 Å². The van der Waals surface area contributed by atoms with E-state index >= 15 is 0 Å². The van der Waals surface area contributed by atoms with Crippen molar-refractivity contribution in [1.29, 1.82) is 0 Å². The summed E-state index contributed by atoms with van der Waals surface area (Å²) >= 11 is 9.26. The molecule has 2 aromatic rings. The Balaban J connectivity index is 2.02. The molecule has 0 aliphatic carbocycles. The summed E-state index contributed by atoms with van der Waals surface area (Å²) in [5, 5.41) is 0.728. The number of para-hydroxylation sites is 1.